The first-order valence-electron chi connectivity index (χ1n) is 8.91. The zero-order chi connectivity index (χ0) is 20.4. The minimum atomic E-state index is -4.51. The van der Waals surface area contributed by atoms with Crippen molar-refractivity contribution in [1.29, 1.82) is 0 Å². The van der Waals surface area contributed by atoms with E-state index >= 15 is 0 Å². The van der Waals surface area contributed by atoms with Crippen LogP contribution in [0.5, 0.6) is 0 Å². The molecule has 0 amide bonds. The highest BCUT2D eigenvalue weighted by Gasteiger charge is 2.36. The van der Waals surface area contributed by atoms with Crippen molar-refractivity contribution in [3.8, 4) is 0 Å². The summed E-state index contributed by atoms with van der Waals surface area (Å²) in [6.45, 7) is 1.06. The highest BCUT2D eigenvalue weighted by Crippen LogP contribution is 2.35. The predicted octanol–water partition coefficient (Wildman–Crippen LogP) is 5.09. The predicted molar refractivity (Wildman–Crippen MR) is 93.4 cm³/mol. The van der Waals surface area contributed by atoms with Crippen LogP contribution in [0, 0.1) is 0 Å². The lowest BCUT2D eigenvalue weighted by Gasteiger charge is -2.30. The van der Waals surface area contributed by atoms with E-state index in [2.05, 4.69) is 5.32 Å². The van der Waals surface area contributed by atoms with Crippen molar-refractivity contribution in [3.05, 3.63) is 70.8 Å². The summed E-state index contributed by atoms with van der Waals surface area (Å²) in [5, 5.41) is 3.13. The van der Waals surface area contributed by atoms with Gasteiger partial charge >= 0.3 is 12.4 Å². The van der Waals surface area contributed by atoms with Gasteiger partial charge in [0, 0.05) is 25.7 Å². The van der Waals surface area contributed by atoms with E-state index in [-0.39, 0.29) is 30.3 Å². The quantitative estimate of drug-likeness (QED) is 0.701. The maximum absolute atomic E-state index is 13.3. The summed E-state index contributed by atoms with van der Waals surface area (Å²) in [5.41, 5.74) is -1.39. The highest BCUT2D eigenvalue weighted by molar-refractivity contribution is 5.32. The number of hydrogen-bond donors (Lipinski definition) is 1. The standard InChI is InChI=1S/C20H20F6N2/c21-19(22,23)17-7-3-1-5-14(17)12-28(16-9-10-27-11-16)13-15-6-2-4-8-18(15)20(24,25)26/h1-8,16,27H,9-13H2/t16-/m0/s1. The van der Waals surface area contributed by atoms with Crippen LogP contribution in [-0.2, 0) is 25.4 Å². The fraction of sp³-hybridized carbons (Fsp3) is 0.400. The molecule has 2 nitrogen and oxygen atoms in total. The molecule has 1 atom stereocenters. The lowest BCUT2D eigenvalue weighted by atomic mass is 10.0. The number of alkyl halides is 6. The zero-order valence-electron chi connectivity index (χ0n) is 14.9. The molecular weight excluding hydrogens is 382 g/mol. The van der Waals surface area contributed by atoms with E-state index in [1.807, 2.05) is 0 Å². The second-order valence-electron chi connectivity index (χ2n) is 6.86. The molecule has 0 aliphatic carbocycles. The van der Waals surface area contributed by atoms with Crippen molar-refractivity contribution >= 4 is 0 Å². The Kier molecular flexibility index (Phi) is 6.00. The van der Waals surface area contributed by atoms with Crippen molar-refractivity contribution in [1.82, 2.24) is 10.2 Å². The minimum absolute atomic E-state index is 0.0615. The molecule has 0 aromatic heterocycles. The van der Waals surface area contributed by atoms with Gasteiger partial charge in [-0.25, -0.2) is 0 Å². The van der Waals surface area contributed by atoms with Gasteiger partial charge in [-0.15, -0.1) is 0 Å². The average molecular weight is 402 g/mol. The normalized spacial score (nSPS) is 18.0. The van der Waals surface area contributed by atoms with Gasteiger partial charge in [0.1, 0.15) is 0 Å². The lowest BCUT2D eigenvalue weighted by Crippen LogP contribution is -2.37. The van der Waals surface area contributed by atoms with Crippen LogP contribution in [-0.4, -0.2) is 24.0 Å². The van der Waals surface area contributed by atoms with Crippen molar-refractivity contribution in [2.24, 2.45) is 0 Å². The van der Waals surface area contributed by atoms with Gasteiger partial charge in [0.2, 0.25) is 0 Å². The third-order valence-electron chi connectivity index (χ3n) is 4.94. The Hall–Kier alpha value is -2.06. The van der Waals surface area contributed by atoms with Gasteiger partial charge in [0.15, 0.2) is 0 Å². The van der Waals surface area contributed by atoms with Gasteiger partial charge in [0.05, 0.1) is 11.1 Å². The Morgan fingerprint density at radius 1 is 0.786 bits per heavy atom. The summed E-state index contributed by atoms with van der Waals surface area (Å²) < 4.78 is 80.1. The summed E-state index contributed by atoms with van der Waals surface area (Å²) in [6.07, 6.45) is -8.36. The number of nitrogens with one attached hydrogen (secondary N) is 1. The SMILES string of the molecule is FC(F)(F)c1ccccc1CN(Cc1ccccc1C(F)(F)F)[C@H]1CCNC1. The molecule has 152 valence electrons. The summed E-state index contributed by atoms with van der Waals surface area (Å²) in [7, 11) is 0. The van der Waals surface area contributed by atoms with E-state index in [0.29, 0.717) is 19.5 Å². The Labute approximate surface area is 159 Å². The Bertz CT molecular complexity index is 734. The van der Waals surface area contributed by atoms with Gasteiger partial charge in [-0.3, -0.25) is 4.90 Å². The maximum atomic E-state index is 13.3. The summed E-state index contributed by atoms with van der Waals surface area (Å²) in [6, 6.07) is 10.3. The number of hydrogen-bond acceptors (Lipinski definition) is 2. The molecule has 1 aliphatic heterocycles. The van der Waals surface area contributed by atoms with Crippen LogP contribution in [0.2, 0.25) is 0 Å². The topological polar surface area (TPSA) is 15.3 Å². The van der Waals surface area contributed by atoms with Crippen molar-refractivity contribution in [2.45, 2.75) is 37.9 Å². The van der Waals surface area contributed by atoms with E-state index in [0.717, 1.165) is 12.1 Å². The summed E-state index contributed by atoms with van der Waals surface area (Å²) in [5.74, 6) is 0. The molecule has 0 bridgehead atoms. The second-order valence-corrected chi connectivity index (χ2v) is 6.86. The molecule has 0 radical (unpaired) electrons. The van der Waals surface area contributed by atoms with Crippen LogP contribution in [0.1, 0.15) is 28.7 Å². The Morgan fingerprint density at radius 2 is 1.25 bits per heavy atom. The second kappa shape index (κ2) is 8.13. The molecule has 1 N–H and O–H groups in total. The average Bonchev–Trinajstić information content (AvgIpc) is 3.15. The molecule has 8 heteroatoms. The fourth-order valence-corrected chi connectivity index (χ4v) is 3.57. The first kappa shape index (κ1) is 20.7. The van der Waals surface area contributed by atoms with Gasteiger partial charge in [-0.1, -0.05) is 36.4 Å². The largest absolute Gasteiger partial charge is 0.416 e. The van der Waals surface area contributed by atoms with Crippen LogP contribution in [0.4, 0.5) is 26.3 Å². The lowest BCUT2D eigenvalue weighted by molar-refractivity contribution is -0.138. The van der Waals surface area contributed by atoms with E-state index in [1.165, 1.54) is 36.4 Å². The molecule has 1 heterocycles. The third kappa shape index (κ3) is 4.86. The molecule has 1 aliphatic rings. The van der Waals surface area contributed by atoms with Crippen LogP contribution in [0.3, 0.4) is 0 Å². The zero-order valence-corrected chi connectivity index (χ0v) is 14.9. The van der Waals surface area contributed by atoms with Crippen molar-refractivity contribution in [3.63, 3.8) is 0 Å². The van der Waals surface area contributed by atoms with E-state index in [9.17, 15) is 26.3 Å². The van der Waals surface area contributed by atoms with Gasteiger partial charge in [-0.05, 0) is 36.2 Å². The first-order valence-corrected chi connectivity index (χ1v) is 8.91. The molecule has 1 saturated heterocycles. The molecule has 0 spiro atoms. The van der Waals surface area contributed by atoms with E-state index in [1.54, 1.807) is 4.90 Å². The van der Waals surface area contributed by atoms with E-state index < -0.39 is 23.5 Å². The van der Waals surface area contributed by atoms with Gasteiger partial charge in [-0.2, -0.15) is 26.3 Å². The maximum Gasteiger partial charge on any atom is 0.416 e. The number of nitrogens with zero attached hydrogens (tertiary/aromatic N) is 1. The molecule has 2 aromatic rings. The molecule has 28 heavy (non-hydrogen) atoms. The van der Waals surface area contributed by atoms with Crippen molar-refractivity contribution in [2.75, 3.05) is 13.1 Å². The molecule has 1 fully saturated rings. The number of rotatable bonds is 5. The van der Waals surface area contributed by atoms with Gasteiger partial charge < -0.3 is 5.32 Å². The fourth-order valence-electron chi connectivity index (χ4n) is 3.57. The first-order chi connectivity index (χ1) is 13.2. The van der Waals surface area contributed by atoms with Crippen LogP contribution in [0.25, 0.3) is 0 Å². The molecule has 2 aromatic carbocycles. The van der Waals surface area contributed by atoms with Crippen molar-refractivity contribution < 1.29 is 26.3 Å². The minimum Gasteiger partial charge on any atom is -0.315 e. The smallest absolute Gasteiger partial charge is 0.315 e. The number of benzene rings is 2. The monoisotopic (exact) mass is 402 g/mol. The third-order valence-corrected chi connectivity index (χ3v) is 4.94. The highest BCUT2D eigenvalue weighted by atomic mass is 19.4. The molecule has 0 unspecified atom stereocenters. The van der Waals surface area contributed by atoms with Crippen LogP contribution >= 0.6 is 0 Å². The molecule has 0 saturated carbocycles. The Morgan fingerprint density at radius 3 is 1.64 bits per heavy atom. The summed E-state index contributed by atoms with van der Waals surface area (Å²) >= 11 is 0. The Balaban J connectivity index is 1.93. The van der Waals surface area contributed by atoms with E-state index in [4.69, 9.17) is 0 Å². The molecular formula is C20H20F6N2. The number of halogens is 6. The summed E-state index contributed by atoms with van der Waals surface area (Å²) in [4.78, 5) is 1.70. The van der Waals surface area contributed by atoms with Crippen LogP contribution < -0.4 is 5.32 Å². The van der Waals surface area contributed by atoms with Crippen LogP contribution in [0.15, 0.2) is 48.5 Å². The van der Waals surface area contributed by atoms with Gasteiger partial charge in [0.25, 0.3) is 0 Å². The molecule has 3 rings (SSSR count).